The first-order chi connectivity index (χ1) is 20.2. The summed E-state index contributed by atoms with van der Waals surface area (Å²) in [5.41, 5.74) is 2.19. The molecule has 1 aromatic heterocycles. The van der Waals surface area contributed by atoms with E-state index in [2.05, 4.69) is 15.3 Å². The molecule has 0 saturated carbocycles. The monoisotopic (exact) mass is 592 g/mol. The molecular formula is C31H30F2N4O4S. The van der Waals surface area contributed by atoms with Gasteiger partial charge in [-0.3, -0.25) is 9.59 Å². The number of rotatable bonds is 11. The maximum atomic E-state index is 14.8. The fraction of sp³-hybridized carbons (Fsp3) is 0.226. The lowest BCUT2D eigenvalue weighted by Gasteiger charge is -2.32. The van der Waals surface area contributed by atoms with Gasteiger partial charge in [-0.2, -0.15) is 0 Å². The number of ether oxygens (including phenoxy) is 2. The lowest BCUT2D eigenvalue weighted by atomic mass is 10.0. The van der Waals surface area contributed by atoms with Crippen LogP contribution in [0.15, 0.2) is 78.0 Å². The SMILES string of the molecule is COc1ccc(NC(=O)C(c2cccc(F)c2)N(Cc2ccccc2F)C(=O)CSc2nc(C)cc(C)n2)c(OC)c1. The van der Waals surface area contributed by atoms with Crippen LogP contribution in [0.25, 0.3) is 0 Å². The number of hydrogen-bond donors (Lipinski definition) is 1. The van der Waals surface area contributed by atoms with E-state index < -0.39 is 29.5 Å². The van der Waals surface area contributed by atoms with E-state index in [0.29, 0.717) is 22.3 Å². The van der Waals surface area contributed by atoms with Gasteiger partial charge in [0, 0.05) is 29.6 Å². The molecular weight excluding hydrogens is 562 g/mol. The van der Waals surface area contributed by atoms with Crippen molar-refractivity contribution in [3.8, 4) is 11.5 Å². The average molecular weight is 593 g/mol. The molecule has 4 aromatic rings. The van der Waals surface area contributed by atoms with Gasteiger partial charge in [0.25, 0.3) is 5.91 Å². The molecule has 0 saturated heterocycles. The molecule has 0 aliphatic carbocycles. The van der Waals surface area contributed by atoms with E-state index in [1.54, 1.807) is 30.3 Å². The minimum Gasteiger partial charge on any atom is -0.497 e. The minimum absolute atomic E-state index is 0.150. The number of aromatic nitrogens is 2. The van der Waals surface area contributed by atoms with Crippen molar-refractivity contribution in [1.82, 2.24) is 14.9 Å². The van der Waals surface area contributed by atoms with Crippen molar-refractivity contribution in [2.75, 3.05) is 25.3 Å². The van der Waals surface area contributed by atoms with Crippen molar-refractivity contribution in [1.29, 1.82) is 0 Å². The Morgan fingerprint density at radius 1 is 0.929 bits per heavy atom. The first kappa shape index (κ1) is 30.4. The molecule has 1 atom stereocenters. The normalized spacial score (nSPS) is 11.5. The van der Waals surface area contributed by atoms with E-state index in [1.165, 1.54) is 55.5 Å². The van der Waals surface area contributed by atoms with Crippen molar-refractivity contribution in [2.24, 2.45) is 0 Å². The zero-order valence-corrected chi connectivity index (χ0v) is 24.4. The van der Waals surface area contributed by atoms with Crippen molar-refractivity contribution in [3.05, 3.63) is 107 Å². The van der Waals surface area contributed by atoms with Crippen LogP contribution in [-0.2, 0) is 16.1 Å². The van der Waals surface area contributed by atoms with Gasteiger partial charge in [-0.15, -0.1) is 0 Å². The van der Waals surface area contributed by atoms with Gasteiger partial charge in [0.15, 0.2) is 5.16 Å². The maximum Gasteiger partial charge on any atom is 0.251 e. The van der Waals surface area contributed by atoms with Crippen LogP contribution in [0, 0.1) is 25.5 Å². The van der Waals surface area contributed by atoms with E-state index in [1.807, 2.05) is 19.9 Å². The van der Waals surface area contributed by atoms with E-state index in [4.69, 9.17) is 9.47 Å². The highest BCUT2D eigenvalue weighted by atomic mass is 32.2. The number of carbonyl (C=O) groups excluding carboxylic acids is 2. The highest BCUT2D eigenvalue weighted by Crippen LogP contribution is 2.32. The summed E-state index contributed by atoms with van der Waals surface area (Å²) in [5.74, 6) is -1.62. The lowest BCUT2D eigenvalue weighted by molar-refractivity contribution is -0.137. The number of nitrogens with one attached hydrogen (secondary N) is 1. The first-order valence-electron chi connectivity index (χ1n) is 12.9. The van der Waals surface area contributed by atoms with Gasteiger partial charge in [-0.25, -0.2) is 18.7 Å². The molecule has 0 fully saturated rings. The van der Waals surface area contributed by atoms with Crippen LogP contribution in [0.4, 0.5) is 14.5 Å². The van der Waals surface area contributed by atoms with Crippen LogP contribution < -0.4 is 14.8 Å². The first-order valence-corrected chi connectivity index (χ1v) is 13.9. The number of halogens is 2. The standard InChI is InChI=1S/C31H30F2N4O4S/c1-19-14-20(2)35-31(34-19)42-18-28(38)37(17-22-8-5-6-11-25(22)33)29(21-9-7-10-23(32)15-21)30(39)36-26-13-12-24(40-3)16-27(26)41-4/h5-16,29H,17-18H2,1-4H3,(H,36,39). The lowest BCUT2D eigenvalue weighted by Crippen LogP contribution is -2.42. The summed E-state index contributed by atoms with van der Waals surface area (Å²) in [4.78, 5) is 37.8. The summed E-state index contributed by atoms with van der Waals surface area (Å²) in [6.07, 6.45) is 0. The summed E-state index contributed by atoms with van der Waals surface area (Å²) < 4.78 is 40.0. The number of hydrogen-bond acceptors (Lipinski definition) is 7. The van der Waals surface area contributed by atoms with Gasteiger partial charge in [-0.1, -0.05) is 42.1 Å². The summed E-state index contributed by atoms with van der Waals surface area (Å²) in [7, 11) is 2.94. The summed E-state index contributed by atoms with van der Waals surface area (Å²) in [6, 6.07) is 16.7. The van der Waals surface area contributed by atoms with Crippen molar-refractivity contribution >= 4 is 29.3 Å². The summed E-state index contributed by atoms with van der Waals surface area (Å²) in [5, 5.41) is 3.18. The predicted octanol–water partition coefficient (Wildman–Crippen LogP) is 5.89. The molecule has 0 aliphatic heterocycles. The van der Waals surface area contributed by atoms with Crippen LogP contribution in [0.1, 0.15) is 28.6 Å². The van der Waals surface area contributed by atoms with Gasteiger partial charge in [0.2, 0.25) is 5.91 Å². The Morgan fingerprint density at radius 2 is 1.67 bits per heavy atom. The number of anilines is 1. The second-order valence-electron chi connectivity index (χ2n) is 9.35. The zero-order valence-electron chi connectivity index (χ0n) is 23.6. The molecule has 1 heterocycles. The minimum atomic E-state index is -1.33. The number of nitrogens with zero attached hydrogens (tertiary/aromatic N) is 3. The topological polar surface area (TPSA) is 93.7 Å². The predicted molar refractivity (Wildman–Crippen MR) is 156 cm³/mol. The molecule has 0 aliphatic rings. The Kier molecular flexibility index (Phi) is 10.1. The van der Waals surface area contributed by atoms with Crippen LogP contribution >= 0.6 is 11.8 Å². The third-order valence-electron chi connectivity index (χ3n) is 6.30. The van der Waals surface area contributed by atoms with Crippen LogP contribution in [0.2, 0.25) is 0 Å². The van der Waals surface area contributed by atoms with Crippen LogP contribution in [-0.4, -0.2) is 46.7 Å². The van der Waals surface area contributed by atoms with Crippen molar-refractivity contribution < 1.29 is 27.8 Å². The van der Waals surface area contributed by atoms with E-state index in [9.17, 15) is 18.4 Å². The average Bonchev–Trinajstić information content (AvgIpc) is 2.96. The van der Waals surface area contributed by atoms with Crippen LogP contribution in [0.5, 0.6) is 11.5 Å². The number of amides is 2. The Balaban J connectivity index is 1.74. The summed E-state index contributed by atoms with van der Waals surface area (Å²) in [6.45, 7) is 3.39. The molecule has 0 radical (unpaired) electrons. The van der Waals surface area contributed by atoms with Gasteiger partial charge >= 0.3 is 0 Å². The molecule has 0 bridgehead atoms. The van der Waals surface area contributed by atoms with Gasteiger partial charge in [-0.05, 0) is 55.8 Å². The molecule has 8 nitrogen and oxygen atoms in total. The number of methoxy groups -OCH3 is 2. The zero-order chi connectivity index (χ0) is 30.2. The van der Waals surface area contributed by atoms with Crippen molar-refractivity contribution in [3.63, 3.8) is 0 Å². The van der Waals surface area contributed by atoms with Gasteiger partial charge in [0.1, 0.15) is 29.2 Å². The second-order valence-corrected chi connectivity index (χ2v) is 10.3. The maximum absolute atomic E-state index is 14.8. The number of benzene rings is 3. The molecule has 0 spiro atoms. The molecule has 1 unspecified atom stereocenters. The Hall–Kier alpha value is -4.51. The van der Waals surface area contributed by atoms with Crippen molar-refractivity contribution in [2.45, 2.75) is 31.6 Å². The second kappa shape index (κ2) is 13.9. The number of thioether (sulfide) groups is 1. The Labute approximate surface area is 247 Å². The third-order valence-corrected chi connectivity index (χ3v) is 7.13. The molecule has 4 rings (SSSR count). The van der Waals surface area contributed by atoms with E-state index in [0.717, 1.165) is 23.1 Å². The molecule has 3 aromatic carbocycles. The molecule has 218 valence electrons. The highest BCUT2D eigenvalue weighted by molar-refractivity contribution is 7.99. The summed E-state index contributed by atoms with van der Waals surface area (Å²) >= 11 is 1.09. The molecule has 42 heavy (non-hydrogen) atoms. The number of aryl methyl sites for hydroxylation is 2. The van der Waals surface area contributed by atoms with E-state index >= 15 is 0 Å². The van der Waals surface area contributed by atoms with E-state index in [-0.39, 0.29) is 23.4 Å². The fourth-order valence-electron chi connectivity index (χ4n) is 4.35. The third kappa shape index (κ3) is 7.61. The number of carbonyl (C=O) groups is 2. The fourth-order valence-corrected chi connectivity index (χ4v) is 5.19. The van der Waals surface area contributed by atoms with Gasteiger partial charge in [0.05, 0.1) is 25.7 Å². The highest BCUT2D eigenvalue weighted by Gasteiger charge is 2.33. The smallest absolute Gasteiger partial charge is 0.251 e. The molecule has 11 heteroatoms. The quantitative estimate of drug-likeness (QED) is 0.172. The van der Waals surface area contributed by atoms with Crippen LogP contribution in [0.3, 0.4) is 0 Å². The molecule has 1 N–H and O–H groups in total. The Morgan fingerprint density at radius 3 is 2.33 bits per heavy atom. The van der Waals surface area contributed by atoms with Gasteiger partial charge < -0.3 is 19.7 Å². The molecule has 2 amide bonds. The Bertz CT molecular complexity index is 1570. The largest absolute Gasteiger partial charge is 0.497 e.